The van der Waals surface area contributed by atoms with Crippen molar-refractivity contribution in [2.45, 2.75) is 25.7 Å². The lowest BCUT2D eigenvalue weighted by Gasteiger charge is -2.25. The van der Waals surface area contributed by atoms with Gasteiger partial charge >= 0.3 is 0 Å². The van der Waals surface area contributed by atoms with Gasteiger partial charge in [-0.3, -0.25) is 0 Å². The zero-order valence-electron chi connectivity index (χ0n) is 8.05. The van der Waals surface area contributed by atoms with Crippen LogP contribution in [-0.4, -0.2) is 11.7 Å². The van der Waals surface area contributed by atoms with Gasteiger partial charge in [-0.25, -0.2) is 0 Å². The van der Waals surface area contributed by atoms with E-state index in [0.29, 0.717) is 0 Å². The molecule has 1 aromatic carbocycles. The van der Waals surface area contributed by atoms with Gasteiger partial charge in [0.2, 0.25) is 0 Å². The number of hydrogen-bond donors (Lipinski definition) is 1. The summed E-state index contributed by atoms with van der Waals surface area (Å²) in [7, 11) is 0. The molecule has 0 saturated carbocycles. The zero-order chi connectivity index (χ0) is 9.90. The van der Waals surface area contributed by atoms with Crippen LogP contribution in [-0.2, 0) is 5.41 Å². The van der Waals surface area contributed by atoms with Crippen LogP contribution in [0.2, 0.25) is 0 Å². The Hall–Kier alpha value is -0.340. The van der Waals surface area contributed by atoms with Crippen LogP contribution >= 0.6 is 15.9 Å². The monoisotopic (exact) mass is 242 g/mol. The van der Waals surface area contributed by atoms with Crippen molar-refractivity contribution >= 4 is 15.9 Å². The fourth-order valence-corrected chi connectivity index (χ4v) is 2.25. The van der Waals surface area contributed by atoms with Crippen molar-refractivity contribution in [2.75, 3.05) is 6.61 Å². The molecular formula is C11H15BrO. The summed E-state index contributed by atoms with van der Waals surface area (Å²) in [6, 6.07) is 8.16. The second kappa shape index (κ2) is 4.25. The second-order valence-corrected chi connectivity index (χ2v) is 4.69. The Morgan fingerprint density at radius 2 is 1.92 bits per heavy atom. The smallest absolute Gasteiger partial charge is 0.0439 e. The SMILES string of the molecule is CC(C)(CCO)c1ccccc1Br. The van der Waals surface area contributed by atoms with E-state index in [-0.39, 0.29) is 12.0 Å². The van der Waals surface area contributed by atoms with Crippen molar-refractivity contribution < 1.29 is 5.11 Å². The van der Waals surface area contributed by atoms with E-state index in [1.54, 1.807) is 0 Å². The molecular weight excluding hydrogens is 228 g/mol. The van der Waals surface area contributed by atoms with Gasteiger partial charge in [0.15, 0.2) is 0 Å². The summed E-state index contributed by atoms with van der Waals surface area (Å²) in [6.07, 6.45) is 0.787. The molecule has 0 radical (unpaired) electrons. The second-order valence-electron chi connectivity index (χ2n) is 3.84. The summed E-state index contributed by atoms with van der Waals surface area (Å²) in [6.45, 7) is 4.51. The first-order valence-corrected chi connectivity index (χ1v) is 5.23. The van der Waals surface area contributed by atoms with E-state index >= 15 is 0 Å². The first-order valence-electron chi connectivity index (χ1n) is 4.44. The average molecular weight is 243 g/mol. The third-order valence-electron chi connectivity index (χ3n) is 2.34. The number of rotatable bonds is 3. The maximum atomic E-state index is 8.94. The van der Waals surface area contributed by atoms with Gasteiger partial charge < -0.3 is 5.11 Å². The van der Waals surface area contributed by atoms with Crippen LogP contribution in [0, 0.1) is 0 Å². The number of halogens is 1. The maximum absolute atomic E-state index is 8.94. The van der Waals surface area contributed by atoms with Gasteiger partial charge in [0, 0.05) is 11.1 Å². The molecule has 0 aliphatic carbocycles. The largest absolute Gasteiger partial charge is 0.396 e. The topological polar surface area (TPSA) is 20.2 Å². The Kier molecular flexibility index (Phi) is 3.51. The average Bonchev–Trinajstić information content (AvgIpc) is 2.04. The normalized spacial score (nSPS) is 11.7. The molecule has 0 amide bonds. The van der Waals surface area contributed by atoms with Crippen LogP contribution in [0.25, 0.3) is 0 Å². The Labute approximate surface area is 87.9 Å². The van der Waals surface area contributed by atoms with Crippen LogP contribution < -0.4 is 0 Å². The maximum Gasteiger partial charge on any atom is 0.0439 e. The van der Waals surface area contributed by atoms with Crippen LogP contribution in [0.1, 0.15) is 25.8 Å². The Bertz CT molecular complexity index is 281. The van der Waals surface area contributed by atoms with E-state index in [9.17, 15) is 0 Å². The van der Waals surface area contributed by atoms with Gasteiger partial charge in [-0.05, 0) is 23.5 Å². The van der Waals surface area contributed by atoms with E-state index in [1.807, 2.05) is 18.2 Å². The molecule has 0 aromatic heterocycles. The molecule has 1 nitrogen and oxygen atoms in total. The molecule has 0 atom stereocenters. The molecule has 0 heterocycles. The fourth-order valence-electron chi connectivity index (χ4n) is 1.42. The summed E-state index contributed by atoms with van der Waals surface area (Å²) in [4.78, 5) is 0. The van der Waals surface area contributed by atoms with Crippen molar-refractivity contribution in [3.05, 3.63) is 34.3 Å². The molecule has 13 heavy (non-hydrogen) atoms. The van der Waals surface area contributed by atoms with Crippen molar-refractivity contribution in [1.82, 2.24) is 0 Å². The van der Waals surface area contributed by atoms with Gasteiger partial charge in [0.05, 0.1) is 0 Å². The van der Waals surface area contributed by atoms with E-state index in [4.69, 9.17) is 5.11 Å². The number of benzene rings is 1. The predicted octanol–water partition coefficient (Wildman–Crippen LogP) is 3.11. The highest BCUT2D eigenvalue weighted by Gasteiger charge is 2.21. The van der Waals surface area contributed by atoms with Crippen LogP contribution in [0.4, 0.5) is 0 Å². The molecule has 0 fully saturated rings. The van der Waals surface area contributed by atoms with Crippen LogP contribution in [0.3, 0.4) is 0 Å². The lowest BCUT2D eigenvalue weighted by Crippen LogP contribution is -2.19. The summed E-state index contributed by atoms with van der Waals surface area (Å²) in [5.74, 6) is 0. The third kappa shape index (κ3) is 2.55. The highest BCUT2D eigenvalue weighted by atomic mass is 79.9. The standard InChI is InChI=1S/C11H15BrO/c1-11(2,7-8-13)9-5-3-4-6-10(9)12/h3-6,13H,7-8H2,1-2H3. The predicted molar refractivity (Wildman–Crippen MR) is 58.9 cm³/mol. The Morgan fingerprint density at radius 1 is 1.31 bits per heavy atom. The number of aliphatic hydroxyl groups is 1. The number of hydrogen-bond acceptors (Lipinski definition) is 1. The first kappa shape index (κ1) is 10.7. The highest BCUT2D eigenvalue weighted by molar-refractivity contribution is 9.10. The summed E-state index contributed by atoms with van der Waals surface area (Å²) >= 11 is 3.52. The van der Waals surface area contributed by atoms with Crippen LogP contribution in [0.5, 0.6) is 0 Å². The van der Waals surface area contributed by atoms with Gasteiger partial charge in [-0.1, -0.05) is 48.0 Å². The molecule has 0 aliphatic heterocycles. The van der Waals surface area contributed by atoms with Gasteiger partial charge in [0.25, 0.3) is 0 Å². The van der Waals surface area contributed by atoms with Gasteiger partial charge in [0.1, 0.15) is 0 Å². The lowest BCUT2D eigenvalue weighted by atomic mass is 9.82. The lowest BCUT2D eigenvalue weighted by molar-refractivity contribution is 0.252. The highest BCUT2D eigenvalue weighted by Crippen LogP contribution is 2.32. The van der Waals surface area contributed by atoms with Crippen molar-refractivity contribution in [2.24, 2.45) is 0 Å². The van der Waals surface area contributed by atoms with Crippen molar-refractivity contribution in [3.8, 4) is 0 Å². The minimum atomic E-state index is 0.0366. The summed E-state index contributed by atoms with van der Waals surface area (Å²) in [5.41, 5.74) is 1.29. The summed E-state index contributed by atoms with van der Waals surface area (Å²) in [5, 5.41) is 8.94. The minimum Gasteiger partial charge on any atom is -0.396 e. The molecule has 0 unspecified atom stereocenters. The molecule has 0 bridgehead atoms. The minimum absolute atomic E-state index is 0.0366. The van der Waals surface area contributed by atoms with E-state index in [0.717, 1.165) is 10.9 Å². The van der Waals surface area contributed by atoms with Crippen molar-refractivity contribution in [3.63, 3.8) is 0 Å². The van der Waals surface area contributed by atoms with E-state index in [1.165, 1.54) is 5.56 Å². The van der Waals surface area contributed by atoms with E-state index in [2.05, 4.69) is 35.8 Å². The Balaban J connectivity index is 2.99. The van der Waals surface area contributed by atoms with Gasteiger partial charge in [-0.15, -0.1) is 0 Å². The number of aliphatic hydroxyl groups excluding tert-OH is 1. The van der Waals surface area contributed by atoms with Gasteiger partial charge in [-0.2, -0.15) is 0 Å². The van der Waals surface area contributed by atoms with Crippen molar-refractivity contribution in [1.29, 1.82) is 0 Å². The Morgan fingerprint density at radius 3 is 2.46 bits per heavy atom. The molecule has 1 N–H and O–H groups in total. The zero-order valence-corrected chi connectivity index (χ0v) is 9.63. The quantitative estimate of drug-likeness (QED) is 0.864. The third-order valence-corrected chi connectivity index (χ3v) is 3.03. The molecule has 1 aromatic rings. The molecule has 72 valence electrons. The van der Waals surface area contributed by atoms with E-state index < -0.39 is 0 Å². The molecule has 1 rings (SSSR count). The molecule has 0 aliphatic rings. The van der Waals surface area contributed by atoms with Crippen LogP contribution in [0.15, 0.2) is 28.7 Å². The summed E-state index contributed by atoms with van der Waals surface area (Å²) < 4.78 is 1.12. The molecule has 2 heteroatoms. The molecule has 0 saturated heterocycles. The molecule has 0 spiro atoms. The first-order chi connectivity index (χ1) is 6.08. The fraction of sp³-hybridized carbons (Fsp3) is 0.455.